The molecule has 0 spiro atoms. The van der Waals surface area contributed by atoms with E-state index in [-0.39, 0.29) is 0 Å². The Morgan fingerprint density at radius 2 is 1.95 bits per heavy atom. The number of benzene rings is 1. The Balaban J connectivity index is 2.31. The van der Waals surface area contributed by atoms with Gasteiger partial charge >= 0.3 is 0 Å². The van der Waals surface area contributed by atoms with Crippen LogP contribution in [0.15, 0.2) is 42.9 Å². The van der Waals surface area contributed by atoms with Crippen molar-refractivity contribution >= 4 is 17.8 Å². The molecule has 6 nitrogen and oxygen atoms in total. The molecule has 20 heavy (non-hydrogen) atoms. The van der Waals surface area contributed by atoms with Gasteiger partial charge in [0.1, 0.15) is 12.6 Å². The van der Waals surface area contributed by atoms with Crippen molar-refractivity contribution in [3.63, 3.8) is 0 Å². The summed E-state index contributed by atoms with van der Waals surface area (Å²) < 4.78 is 1.56. The van der Waals surface area contributed by atoms with E-state index in [1.807, 2.05) is 0 Å². The molecule has 0 aliphatic rings. The average Bonchev–Trinajstić information content (AvgIpc) is 2.94. The predicted molar refractivity (Wildman–Crippen MR) is 72.3 cm³/mol. The summed E-state index contributed by atoms with van der Waals surface area (Å²) >= 11 is 0. The topological polar surface area (TPSA) is 90.3 Å². The molecular weight excluding hydrogens is 256 g/mol. The Kier molecular flexibility index (Phi) is 2.76. The fourth-order valence-electron chi connectivity index (χ4n) is 2.11. The van der Waals surface area contributed by atoms with Crippen LogP contribution in [-0.2, 0) is 0 Å². The van der Waals surface area contributed by atoms with E-state index in [0.717, 1.165) is 11.8 Å². The Morgan fingerprint density at radius 3 is 2.60 bits per heavy atom. The van der Waals surface area contributed by atoms with Crippen molar-refractivity contribution < 1.29 is 9.59 Å². The van der Waals surface area contributed by atoms with Gasteiger partial charge in [0.2, 0.25) is 5.91 Å². The molecule has 1 amide bonds. The zero-order valence-corrected chi connectivity index (χ0v) is 10.4. The van der Waals surface area contributed by atoms with E-state index < -0.39 is 5.91 Å². The van der Waals surface area contributed by atoms with Gasteiger partial charge in [-0.3, -0.25) is 9.59 Å². The minimum absolute atomic E-state index is 0.365. The van der Waals surface area contributed by atoms with Gasteiger partial charge < -0.3 is 5.73 Å². The van der Waals surface area contributed by atoms with Crippen LogP contribution >= 0.6 is 0 Å². The molecule has 0 radical (unpaired) electrons. The van der Waals surface area contributed by atoms with Crippen LogP contribution in [0, 0.1) is 0 Å². The SMILES string of the molecule is NC(=O)c1ccn2ncnc2c1-c1ccc(C=O)cc1. The van der Waals surface area contributed by atoms with Crippen LogP contribution < -0.4 is 5.73 Å². The van der Waals surface area contributed by atoms with E-state index in [9.17, 15) is 9.59 Å². The van der Waals surface area contributed by atoms with Gasteiger partial charge in [-0.25, -0.2) is 9.50 Å². The molecule has 0 bridgehead atoms. The third kappa shape index (κ3) is 1.83. The van der Waals surface area contributed by atoms with Crippen molar-refractivity contribution in [3.05, 3.63) is 54.0 Å². The Labute approximate surface area is 113 Å². The number of nitrogens with two attached hydrogens (primary N) is 1. The van der Waals surface area contributed by atoms with Crippen LogP contribution in [0.4, 0.5) is 0 Å². The monoisotopic (exact) mass is 266 g/mol. The minimum Gasteiger partial charge on any atom is -0.366 e. The molecular formula is C14H10N4O2. The minimum atomic E-state index is -0.537. The summed E-state index contributed by atoms with van der Waals surface area (Å²) in [5, 5.41) is 4.04. The molecule has 0 saturated heterocycles. The number of carbonyl (C=O) groups excluding carboxylic acids is 2. The number of aromatic nitrogens is 3. The molecule has 3 aromatic rings. The number of carbonyl (C=O) groups is 2. The average molecular weight is 266 g/mol. The molecule has 3 rings (SSSR count). The second-order valence-electron chi connectivity index (χ2n) is 4.24. The number of nitrogens with zero attached hydrogens (tertiary/aromatic N) is 3. The highest BCUT2D eigenvalue weighted by atomic mass is 16.1. The summed E-state index contributed by atoms with van der Waals surface area (Å²) in [6.07, 6.45) is 3.80. The van der Waals surface area contributed by atoms with E-state index in [2.05, 4.69) is 10.1 Å². The Hall–Kier alpha value is -3.02. The molecule has 2 aromatic heterocycles. The summed E-state index contributed by atoms with van der Waals surface area (Å²) in [5.41, 5.74) is 8.24. The lowest BCUT2D eigenvalue weighted by Crippen LogP contribution is -2.13. The zero-order chi connectivity index (χ0) is 14.1. The maximum atomic E-state index is 11.6. The fourth-order valence-corrected chi connectivity index (χ4v) is 2.11. The first-order valence-electron chi connectivity index (χ1n) is 5.88. The van der Waals surface area contributed by atoms with Gasteiger partial charge in [-0.2, -0.15) is 5.10 Å². The third-order valence-electron chi connectivity index (χ3n) is 3.05. The number of hydrogen-bond donors (Lipinski definition) is 1. The Morgan fingerprint density at radius 1 is 1.20 bits per heavy atom. The molecule has 0 unspecified atom stereocenters. The maximum absolute atomic E-state index is 11.6. The summed E-state index contributed by atoms with van der Waals surface area (Å²) in [5.74, 6) is -0.537. The maximum Gasteiger partial charge on any atom is 0.249 e. The second kappa shape index (κ2) is 4.58. The van der Waals surface area contributed by atoms with Crippen LogP contribution in [0.5, 0.6) is 0 Å². The van der Waals surface area contributed by atoms with E-state index in [1.165, 1.54) is 6.33 Å². The molecule has 6 heteroatoms. The van der Waals surface area contributed by atoms with Gasteiger partial charge in [0, 0.05) is 17.3 Å². The van der Waals surface area contributed by atoms with Crippen molar-refractivity contribution in [3.8, 4) is 11.1 Å². The summed E-state index contributed by atoms with van der Waals surface area (Å²) in [7, 11) is 0. The molecule has 0 atom stereocenters. The van der Waals surface area contributed by atoms with Gasteiger partial charge in [0.15, 0.2) is 5.65 Å². The van der Waals surface area contributed by atoms with Crippen molar-refractivity contribution in [2.24, 2.45) is 5.73 Å². The first kappa shape index (κ1) is 12.0. The Bertz CT molecular complexity index is 806. The highest BCUT2D eigenvalue weighted by molar-refractivity contribution is 6.03. The lowest BCUT2D eigenvalue weighted by Gasteiger charge is -2.08. The highest BCUT2D eigenvalue weighted by Crippen LogP contribution is 2.27. The van der Waals surface area contributed by atoms with E-state index in [4.69, 9.17) is 5.73 Å². The molecule has 1 aromatic carbocycles. The number of amides is 1. The quantitative estimate of drug-likeness (QED) is 0.723. The smallest absolute Gasteiger partial charge is 0.249 e. The van der Waals surface area contributed by atoms with Gasteiger partial charge in [0.25, 0.3) is 0 Å². The van der Waals surface area contributed by atoms with Crippen molar-refractivity contribution in [2.45, 2.75) is 0 Å². The van der Waals surface area contributed by atoms with Gasteiger partial charge in [-0.15, -0.1) is 0 Å². The molecule has 0 aliphatic heterocycles. The normalized spacial score (nSPS) is 10.6. The van der Waals surface area contributed by atoms with Crippen LogP contribution in [0.3, 0.4) is 0 Å². The predicted octanol–water partition coefficient (Wildman–Crippen LogP) is 1.31. The molecule has 2 heterocycles. The van der Waals surface area contributed by atoms with Crippen LogP contribution in [0.1, 0.15) is 20.7 Å². The number of primary amides is 1. The van der Waals surface area contributed by atoms with Crippen molar-refractivity contribution in [1.82, 2.24) is 14.6 Å². The van der Waals surface area contributed by atoms with E-state index in [1.54, 1.807) is 41.0 Å². The molecule has 98 valence electrons. The second-order valence-corrected chi connectivity index (χ2v) is 4.24. The third-order valence-corrected chi connectivity index (χ3v) is 3.05. The number of pyridine rings is 1. The van der Waals surface area contributed by atoms with Crippen LogP contribution in [0.25, 0.3) is 16.8 Å². The number of aldehydes is 1. The first-order valence-corrected chi connectivity index (χ1v) is 5.88. The standard InChI is InChI=1S/C14H10N4O2/c15-13(20)11-5-6-18-14(16-8-17-18)12(11)10-3-1-9(7-19)2-4-10/h1-8H,(H2,15,20). The molecule has 2 N–H and O–H groups in total. The zero-order valence-electron chi connectivity index (χ0n) is 10.4. The highest BCUT2D eigenvalue weighted by Gasteiger charge is 2.15. The first-order chi connectivity index (χ1) is 9.70. The van der Waals surface area contributed by atoms with Crippen molar-refractivity contribution in [1.29, 1.82) is 0 Å². The number of rotatable bonds is 3. The molecule has 0 saturated carbocycles. The summed E-state index contributed by atoms with van der Waals surface area (Å²) in [4.78, 5) is 26.4. The number of hydrogen-bond acceptors (Lipinski definition) is 4. The summed E-state index contributed by atoms with van der Waals surface area (Å²) in [6, 6.07) is 8.45. The van der Waals surface area contributed by atoms with E-state index in [0.29, 0.717) is 22.3 Å². The lowest BCUT2D eigenvalue weighted by atomic mass is 10.00. The molecule has 0 fully saturated rings. The van der Waals surface area contributed by atoms with Crippen molar-refractivity contribution in [2.75, 3.05) is 0 Å². The van der Waals surface area contributed by atoms with Gasteiger partial charge in [-0.1, -0.05) is 24.3 Å². The number of fused-ring (bicyclic) bond motifs is 1. The lowest BCUT2D eigenvalue weighted by molar-refractivity contribution is 0.100. The van der Waals surface area contributed by atoms with Gasteiger partial charge in [-0.05, 0) is 11.6 Å². The molecule has 0 aliphatic carbocycles. The summed E-state index contributed by atoms with van der Waals surface area (Å²) in [6.45, 7) is 0. The van der Waals surface area contributed by atoms with Gasteiger partial charge in [0.05, 0.1) is 5.56 Å². The van der Waals surface area contributed by atoms with Crippen LogP contribution in [-0.4, -0.2) is 26.8 Å². The largest absolute Gasteiger partial charge is 0.366 e. The van der Waals surface area contributed by atoms with Crippen LogP contribution in [0.2, 0.25) is 0 Å². The van der Waals surface area contributed by atoms with E-state index >= 15 is 0 Å². The fraction of sp³-hybridized carbons (Fsp3) is 0.